The summed E-state index contributed by atoms with van der Waals surface area (Å²) < 4.78 is 38.9. The van der Waals surface area contributed by atoms with Crippen LogP contribution in [0.1, 0.15) is 0 Å². The van der Waals surface area contributed by atoms with E-state index in [-0.39, 0.29) is 23.5 Å². The van der Waals surface area contributed by atoms with Crippen molar-refractivity contribution in [1.82, 2.24) is 14.5 Å². The van der Waals surface area contributed by atoms with Crippen LogP contribution in [0.3, 0.4) is 0 Å². The Hall–Kier alpha value is -2.39. The molecule has 2 aromatic rings. The summed E-state index contributed by atoms with van der Waals surface area (Å²) in [4.78, 5) is 11.6. The molecule has 0 atom stereocenters. The molecule has 0 radical (unpaired) electrons. The van der Waals surface area contributed by atoms with E-state index in [1.165, 1.54) is 35.1 Å². The van der Waals surface area contributed by atoms with E-state index in [9.17, 15) is 13.2 Å². The molecule has 0 unspecified atom stereocenters. The number of aromatic nitrogens is 2. The minimum atomic E-state index is -3.71. The van der Waals surface area contributed by atoms with Gasteiger partial charge < -0.3 is 9.47 Å². The fourth-order valence-corrected chi connectivity index (χ4v) is 3.15. The minimum absolute atomic E-state index is 0.0493. The van der Waals surface area contributed by atoms with Crippen molar-refractivity contribution in [2.75, 3.05) is 19.8 Å². The van der Waals surface area contributed by atoms with Gasteiger partial charge in [-0.3, -0.25) is 4.79 Å². The molecule has 1 aliphatic rings. The monoisotopic (exact) mass is 337 g/mol. The van der Waals surface area contributed by atoms with Gasteiger partial charge in [-0.25, -0.2) is 17.8 Å². The van der Waals surface area contributed by atoms with Gasteiger partial charge in [0.05, 0.1) is 11.4 Å². The van der Waals surface area contributed by atoms with Crippen LogP contribution >= 0.6 is 0 Å². The smallest absolute Gasteiger partial charge is 0.266 e. The van der Waals surface area contributed by atoms with Crippen molar-refractivity contribution >= 4 is 10.0 Å². The van der Waals surface area contributed by atoms with Gasteiger partial charge in [-0.1, -0.05) is 0 Å². The Balaban J connectivity index is 1.69. The lowest BCUT2D eigenvalue weighted by Crippen LogP contribution is -2.31. The highest BCUT2D eigenvalue weighted by atomic mass is 32.2. The summed E-state index contributed by atoms with van der Waals surface area (Å²) in [6.45, 7) is 1.01. The van der Waals surface area contributed by atoms with Crippen molar-refractivity contribution in [3.8, 4) is 11.5 Å². The predicted molar refractivity (Wildman–Crippen MR) is 81.1 cm³/mol. The molecule has 9 heteroatoms. The summed E-state index contributed by atoms with van der Waals surface area (Å²) >= 11 is 0. The quantitative estimate of drug-likeness (QED) is 0.824. The second-order valence-electron chi connectivity index (χ2n) is 4.79. The molecule has 23 heavy (non-hydrogen) atoms. The van der Waals surface area contributed by atoms with Crippen molar-refractivity contribution in [2.45, 2.75) is 11.4 Å². The van der Waals surface area contributed by atoms with Crippen LogP contribution in [0, 0.1) is 0 Å². The normalized spacial score (nSPS) is 13.7. The third kappa shape index (κ3) is 3.51. The fourth-order valence-electron chi connectivity index (χ4n) is 2.12. The second kappa shape index (κ2) is 6.39. The van der Waals surface area contributed by atoms with Crippen LogP contribution in [0.5, 0.6) is 11.5 Å². The number of nitrogens with one attached hydrogen (secondary N) is 1. The number of nitrogens with zero attached hydrogens (tertiary/aromatic N) is 2. The molecule has 0 bridgehead atoms. The van der Waals surface area contributed by atoms with Crippen LogP contribution in [0.2, 0.25) is 0 Å². The molecule has 122 valence electrons. The molecule has 0 fully saturated rings. The molecule has 3 rings (SSSR count). The maximum Gasteiger partial charge on any atom is 0.266 e. The number of sulfonamides is 1. The van der Waals surface area contributed by atoms with Crippen LogP contribution in [0.25, 0.3) is 0 Å². The van der Waals surface area contributed by atoms with E-state index in [0.29, 0.717) is 24.7 Å². The average molecular weight is 337 g/mol. The predicted octanol–water partition coefficient (Wildman–Crippen LogP) is -0.00700. The topological polar surface area (TPSA) is 99.5 Å². The highest BCUT2D eigenvalue weighted by molar-refractivity contribution is 7.89. The third-order valence-corrected chi connectivity index (χ3v) is 4.68. The van der Waals surface area contributed by atoms with Crippen molar-refractivity contribution in [2.24, 2.45) is 0 Å². The number of benzene rings is 1. The molecule has 1 N–H and O–H groups in total. The van der Waals surface area contributed by atoms with E-state index in [0.717, 1.165) is 0 Å². The zero-order valence-electron chi connectivity index (χ0n) is 12.1. The number of rotatable bonds is 5. The Kier molecular flexibility index (Phi) is 4.30. The van der Waals surface area contributed by atoms with Gasteiger partial charge in [0.2, 0.25) is 10.0 Å². The Labute approximate surface area is 132 Å². The van der Waals surface area contributed by atoms with Crippen LogP contribution in [0.15, 0.2) is 46.2 Å². The third-order valence-electron chi connectivity index (χ3n) is 3.22. The van der Waals surface area contributed by atoms with Gasteiger partial charge in [0, 0.05) is 24.9 Å². The SMILES string of the molecule is O=c1cccnn1CCNS(=O)(=O)c1ccc2c(c1)OCCO2. The van der Waals surface area contributed by atoms with Gasteiger partial charge >= 0.3 is 0 Å². The standard InChI is InChI=1S/C14H15N3O5S/c18-14-2-1-5-15-17(14)7-6-16-23(19,20)11-3-4-12-13(10-11)22-9-8-21-12/h1-5,10,16H,6-9H2. The van der Waals surface area contributed by atoms with E-state index < -0.39 is 10.0 Å². The molecule has 0 saturated heterocycles. The number of hydrogen-bond donors (Lipinski definition) is 1. The highest BCUT2D eigenvalue weighted by Gasteiger charge is 2.19. The van der Waals surface area contributed by atoms with Gasteiger partial charge in [0.1, 0.15) is 13.2 Å². The molecule has 1 aromatic carbocycles. The first-order valence-electron chi connectivity index (χ1n) is 6.98. The summed E-state index contributed by atoms with van der Waals surface area (Å²) in [5, 5.41) is 3.86. The van der Waals surface area contributed by atoms with Crippen LogP contribution in [-0.4, -0.2) is 38.0 Å². The highest BCUT2D eigenvalue weighted by Crippen LogP contribution is 2.32. The molecule has 0 aliphatic carbocycles. The molecule has 0 saturated carbocycles. The molecule has 2 heterocycles. The Morgan fingerprint density at radius 2 is 1.96 bits per heavy atom. The van der Waals surface area contributed by atoms with E-state index >= 15 is 0 Å². The summed E-state index contributed by atoms with van der Waals surface area (Å²) in [6, 6.07) is 7.32. The Morgan fingerprint density at radius 3 is 2.74 bits per heavy atom. The van der Waals surface area contributed by atoms with Crippen molar-refractivity contribution in [1.29, 1.82) is 0 Å². The molecular formula is C14H15N3O5S. The molecule has 0 spiro atoms. The van der Waals surface area contributed by atoms with Crippen LogP contribution in [-0.2, 0) is 16.6 Å². The van der Waals surface area contributed by atoms with E-state index in [1.54, 1.807) is 6.07 Å². The van der Waals surface area contributed by atoms with Crippen LogP contribution in [0.4, 0.5) is 0 Å². The van der Waals surface area contributed by atoms with E-state index in [4.69, 9.17) is 9.47 Å². The summed E-state index contributed by atoms with van der Waals surface area (Å²) in [7, 11) is -3.71. The number of fused-ring (bicyclic) bond motifs is 1. The van der Waals surface area contributed by atoms with E-state index in [2.05, 4.69) is 9.82 Å². The largest absolute Gasteiger partial charge is 0.486 e. The zero-order valence-corrected chi connectivity index (χ0v) is 13.0. The van der Waals surface area contributed by atoms with Crippen molar-refractivity contribution in [3.05, 3.63) is 46.9 Å². The number of hydrogen-bond acceptors (Lipinski definition) is 6. The van der Waals surface area contributed by atoms with Crippen LogP contribution < -0.4 is 19.8 Å². The fraction of sp³-hybridized carbons (Fsp3) is 0.286. The first-order chi connectivity index (χ1) is 11.1. The summed E-state index contributed by atoms with van der Waals surface area (Å²) in [5.74, 6) is 0.926. The lowest BCUT2D eigenvalue weighted by molar-refractivity contribution is 0.171. The molecular weight excluding hydrogens is 322 g/mol. The maximum absolute atomic E-state index is 12.3. The molecule has 8 nitrogen and oxygen atoms in total. The molecule has 1 aliphatic heterocycles. The van der Waals surface area contributed by atoms with Crippen molar-refractivity contribution in [3.63, 3.8) is 0 Å². The van der Waals surface area contributed by atoms with Gasteiger partial charge in [0.15, 0.2) is 11.5 Å². The van der Waals surface area contributed by atoms with Crippen molar-refractivity contribution < 1.29 is 17.9 Å². The molecule has 1 aromatic heterocycles. The first kappa shape index (κ1) is 15.5. The van der Waals surface area contributed by atoms with E-state index in [1.807, 2.05) is 0 Å². The van der Waals surface area contributed by atoms with Gasteiger partial charge in [-0.05, 0) is 18.2 Å². The molecule has 0 amide bonds. The zero-order chi connectivity index (χ0) is 16.3. The second-order valence-corrected chi connectivity index (χ2v) is 6.56. The summed E-state index contributed by atoms with van der Waals surface area (Å²) in [6.07, 6.45) is 1.47. The Bertz CT molecular complexity index is 863. The Morgan fingerprint density at radius 1 is 1.17 bits per heavy atom. The average Bonchev–Trinajstić information content (AvgIpc) is 2.56. The lowest BCUT2D eigenvalue weighted by atomic mass is 10.3. The lowest BCUT2D eigenvalue weighted by Gasteiger charge is -2.18. The van der Waals surface area contributed by atoms with Gasteiger partial charge in [0.25, 0.3) is 5.56 Å². The summed E-state index contributed by atoms with van der Waals surface area (Å²) in [5.41, 5.74) is -0.286. The van der Waals surface area contributed by atoms with Gasteiger partial charge in [-0.15, -0.1) is 0 Å². The maximum atomic E-state index is 12.3. The minimum Gasteiger partial charge on any atom is -0.486 e. The first-order valence-corrected chi connectivity index (χ1v) is 8.46. The number of ether oxygens (including phenoxy) is 2. The van der Waals surface area contributed by atoms with Gasteiger partial charge in [-0.2, -0.15) is 5.10 Å².